The molecule has 28 heavy (non-hydrogen) atoms. The van der Waals surface area contributed by atoms with Gasteiger partial charge in [-0.05, 0) is 39.0 Å². The number of amides is 1. The molecule has 1 aromatic heterocycles. The number of rotatable bonds is 3. The third-order valence-corrected chi connectivity index (χ3v) is 4.98. The molecule has 4 rings (SSSR count). The van der Waals surface area contributed by atoms with Gasteiger partial charge in [-0.3, -0.25) is 4.79 Å². The predicted molar refractivity (Wildman–Crippen MR) is 110 cm³/mol. The second-order valence-corrected chi connectivity index (χ2v) is 7.50. The average molecular weight is 375 g/mol. The van der Waals surface area contributed by atoms with Crippen LogP contribution < -0.4 is 0 Å². The molecule has 3 aromatic rings. The van der Waals surface area contributed by atoms with E-state index in [0.717, 1.165) is 16.9 Å². The summed E-state index contributed by atoms with van der Waals surface area (Å²) in [5, 5.41) is 4.77. The molecular formula is C23H25N3O2. The molecule has 0 N–H and O–H groups in total. The number of hydrogen-bond acceptors (Lipinski definition) is 3. The molecule has 0 unspecified atom stereocenters. The van der Waals surface area contributed by atoms with E-state index < -0.39 is 0 Å². The molecule has 144 valence electrons. The molecule has 1 amide bonds. The van der Waals surface area contributed by atoms with Gasteiger partial charge in [0.1, 0.15) is 5.69 Å². The summed E-state index contributed by atoms with van der Waals surface area (Å²) in [5.74, 6) is -0.0164. The zero-order chi connectivity index (χ0) is 19.7. The standard InChI is InChI=1S/C23H25N3O2/c1-16-9-11-20(12-10-16)26-22(13-21(24-26)19-7-5-4-6-8-19)23(27)25-14-17(2)28-18(3)15-25/h4-13,17-18H,14-15H2,1-3H3/t17-,18-/m1/s1. The van der Waals surface area contributed by atoms with Crippen LogP contribution in [-0.4, -0.2) is 45.9 Å². The zero-order valence-corrected chi connectivity index (χ0v) is 16.5. The summed E-state index contributed by atoms with van der Waals surface area (Å²) in [6.07, 6.45) is 0.0501. The van der Waals surface area contributed by atoms with E-state index in [1.54, 1.807) is 4.68 Å². The second kappa shape index (κ2) is 7.60. The molecule has 1 saturated heterocycles. The summed E-state index contributed by atoms with van der Waals surface area (Å²) in [6.45, 7) is 7.22. The van der Waals surface area contributed by atoms with Gasteiger partial charge < -0.3 is 9.64 Å². The molecule has 0 radical (unpaired) electrons. The van der Waals surface area contributed by atoms with Crippen molar-refractivity contribution in [3.05, 3.63) is 71.9 Å². The monoisotopic (exact) mass is 375 g/mol. The summed E-state index contributed by atoms with van der Waals surface area (Å²) >= 11 is 0. The molecule has 0 bridgehead atoms. The van der Waals surface area contributed by atoms with Gasteiger partial charge in [0, 0.05) is 18.7 Å². The number of aryl methyl sites for hydroxylation is 1. The van der Waals surface area contributed by atoms with E-state index >= 15 is 0 Å². The maximum atomic E-state index is 13.4. The third kappa shape index (κ3) is 3.71. The smallest absolute Gasteiger partial charge is 0.272 e. The fourth-order valence-electron chi connectivity index (χ4n) is 3.67. The minimum absolute atomic E-state index is 0.0164. The van der Waals surface area contributed by atoms with Crippen LogP contribution in [0.15, 0.2) is 60.7 Å². The number of carbonyl (C=O) groups excluding carboxylic acids is 1. The Hall–Kier alpha value is -2.92. The third-order valence-electron chi connectivity index (χ3n) is 4.98. The highest BCUT2D eigenvalue weighted by molar-refractivity contribution is 5.94. The van der Waals surface area contributed by atoms with Crippen LogP contribution in [0, 0.1) is 6.92 Å². The van der Waals surface area contributed by atoms with Crippen LogP contribution in [0.5, 0.6) is 0 Å². The number of nitrogens with zero attached hydrogens (tertiary/aromatic N) is 3. The number of aromatic nitrogens is 2. The summed E-state index contributed by atoms with van der Waals surface area (Å²) in [4.78, 5) is 15.3. The van der Waals surface area contributed by atoms with E-state index in [2.05, 4.69) is 0 Å². The van der Waals surface area contributed by atoms with Crippen molar-refractivity contribution in [2.45, 2.75) is 33.0 Å². The Balaban J connectivity index is 1.77. The number of carbonyl (C=O) groups is 1. The normalized spacial score (nSPS) is 19.6. The lowest BCUT2D eigenvalue weighted by Crippen LogP contribution is -2.48. The first kappa shape index (κ1) is 18.4. The van der Waals surface area contributed by atoms with Gasteiger partial charge >= 0.3 is 0 Å². The predicted octanol–water partition coefficient (Wildman–Crippen LogP) is 4.10. The van der Waals surface area contributed by atoms with Crippen LogP contribution in [0.1, 0.15) is 29.9 Å². The molecule has 1 aliphatic rings. The quantitative estimate of drug-likeness (QED) is 0.692. The fourth-order valence-corrected chi connectivity index (χ4v) is 3.67. The van der Waals surface area contributed by atoms with Gasteiger partial charge in [-0.2, -0.15) is 5.10 Å². The average Bonchev–Trinajstić information content (AvgIpc) is 3.13. The van der Waals surface area contributed by atoms with Crippen LogP contribution in [0.3, 0.4) is 0 Å². The van der Waals surface area contributed by atoms with Gasteiger partial charge in [0.25, 0.3) is 5.91 Å². The van der Waals surface area contributed by atoms with Crippen molar-refractivity contribution in [3.63, 3.8) is 0 Å². The Morgan fingerprint density at radius 2 is 1.64 bits per heavy atom. The van der Waals surface area contributed by atoms with Crippen LogP contribution in [0.2, 0.25) is 0 Å². The SMILES string of the molecule is Cc1ccc(-n2nc(-c3ccccc3)cc2C(=O)N2C[C@@H](C)O[C@H](C)C2)cc1. The summed E-state index contributed by atoms with van der Waals surface area (Å²) < 4.78 is 7.55. The van der Waals surface area contributed by atoms with Crippen molar-refractivity contribution in [3.8, 4) is 16.9 Å². The molecule has 2 atom stereocenters. The van der Waals surface area contributed by atoms with Crippen LogP contribution >= 0.6 is 0 Å². The largest absolute Gasteiger partial charge is 0.372 e. The van der Waals surface area contributed by atoms with Gasteiger partial charge in [0.05, 0.1) is 23.6 Å². The molecule has 0 spiro atoms. The molecule has 0 aliphatic carbocycles. The number of morpholine rings is 1. The van der Waals surface area contributed by atoms with Crippen LogP contribution in [0.25, 0.3) is 16.9 Å². The first-order valence-electron chi connectivity index (χ1n) is 9.68. The van der Waals surface area contributed by atoms with Crippen molar-refractivity contribution in [2.75, 3.05) is 13.1 Å². The van der Waals surface area contributed by atoms with Crippen molar-refractivity contribution >= 4 is 5.91 Å². The Kier molecular flexibility index (Phi) is 5.01. The molecule has 5 heteroatoms. The van der Waals surface area contributed by atoms with Gasteiger partial charge in [0.15, 0.2) is 0 Å². The second-order valence-electron chi connectivity index (χ2n) is 7.50. The Morgan fingerprint density at radius 3 is 2.29 bits per heavy atom. The van der Waals surface area contributed by atoms with Crippen molar-refractivity contribution in [1.29, 1.82) is 0 Å². The fraction of sp³-hybridized carbons (Fsp3) is 0.304. The molecule has 2 heterocycles. The number of benzene rings is 2. The molecule has 1 aliphatic heterocycles. The molecule has 1 fully saturated rings. The van der Waals surface area contributed by atoms with Gasteiger partial charge in [0.2, 0.25) is 0 Å². The molecule has 2 aromatic carbocycles. The summed E-state index contributed by atoms with van der Waals surface area (Å²) in [6, 6.07) is 19.9. The minimum atomic E-state index is -0.0164. The van der Waals surface area contributed by atoms with E-state index in [1.165, 1.54) is 5.56 Å². The maximum Gasteiger partial charge on any atom is 0.272 e. The zero-order valence-electron chi connectivity index (χ0n) is 16.5. The van der Waals surface area contributed by atoms with Crippen LogP contribution in [0.4, 0.5) is 0 Å². The summed E-state index contributed by atoms with van der Waals surface area (Å²) in [5.41, 5.74) is 4.40. The van der Waals surface area contributed by atoms with E-state index in [-0.39, 0.29) is 18.1 Å². The van der Waals surface area contributed by atoms with E-state index in [0.29, 0.717) is 18.8 Å². The van der Waals surface area contributed by atoms with Gasteiger partial charge in [-0.1, -0.05) is 48.0 Å². The van der Waals surface area contributed by atoms with Crippen LogP contribution in [-0.2, 0) is 4.74 Å². The summed E-state index contributed by atoms with van der Waals surface area (Å²) in [7, 11) is 0. The highest BCUT2D eigenvalue weighted by atomic mass is 16.5. The van der Waals surface area contributed by atoms with Crippen molar-refractivity contribution < 1.29 is 9.53 Å². The lowest BCUT2D eigenvalue weighted by atomic mass is 10.1. The Labute approximate surface area is 165 Å². The maximum absolute atomic E-state index is 13.4. The van der Waals surface area contributed by atoms with Crippen molar-refractivity contribution in [2.24, 2.45) is 0 Å². The van der Waals surface area contributed by atoms with E-state index in [1.807, 2.05) is 86.3 Å². The highest BCUT2D eigenvalue weighted by Gasteiger charge is 2.29. The lowest BCUT2D eigenvalue weighted by Gasteiger charge is -2.35. The number of hydrogen-bond donors (Lipinski definition) is 0. The van der Waals surface area contributed by atoms with Gasteiger partial charge in [-0.15, -0.1) is 0 Å². The topological polar surface area (TPSA) is 47.4 Å². The van der Waals surface area contributed by atoms with E-state index in [9.17, 15) is 4.79 Å². The minimum Gasteiger partial charge on any atom is -0.372 e. The van der Waals surface area contributed by atoms with E-state index in [4.69, 9.17) is 9.84 Å². The first-order valence-corrected chi connectivity index (χ1v) is 9.68. The molecule has 5 nitrogen and oxygen atoms in total. The van der Waals surface area contributed by atoms with Gasteiger partial charge in [-0.25, -0.2) is 4.68 Å². The van der Waals surface area contributed by atoms with Crippen molar-refractivity contribution in [1.82, 2.24) is 14.7 Å². The molecular weight excluding hydrogens is 350 g/mol. The Bertz CT molecular complexity index is 953. The molecule has 0 saturated carbocycles. The Morgan fingerprint density at radius 1 is 1.00 bits per heavy atom. The number of ether oxygens (including phenoxy) is 1. The lowest BCUT2D eigenvalue weighted by molar-refractivity contribution is -0.0588. The first-order chi connectivity index (χ1) is 13.5. The highest BCUT2D eigenvalue weighted by Crippen LogP contribution is 2.24.